The van der Waals surface area contributed by atoms with Gasteiger partial charge in [0.15, 0.2) is 17.3 Å². The van der Waals surface area contributed by atoms with Gasteiger partial charge in [0.25, 0.3) is 5.91 Å². The van der Waals surface area contributed by atoms with Crippen LogP contribution in [0.1, 0.15) is 53.3 Å². The van der Waals surface area contributed by atoms with Gasteiger partial charge in [0, 0.05) is 31.6 Å². The number of fused-ring (bicyclic) bond motifs is 2. The number of nitrogens with zero attached hydrogens (tertiary/aromatic N) is 4. The molecular formula is C27H26F2N4O4. The van der Waals surface area contributed by atoms with E-state index in [-0.39, 0.29) is 11.3 Å². The van der Waals surface area contributed by atoms with Crippen molar-refractivity contribution in [2.75, 3.05) is 20.1 Å². The minimum atomic E-state index is -0.989. The molecule has 0 bridgehead atoms. The SMILES string of the molecule is CCN(C)C(=O)Oc1c2n(ncc1=O)[C@@H]([C@H](c1ccccc1)c1cccc(F)c1F)[C@H]1CCCN1C2=O. The molecule has 3 heterocycles. The van der Waals surface area contributed by atoms with E-state index in [9.17, 15) is 18.8 Å². The first kappa shape index (κ1) is 24.6. The number of aromatic nitrogens is 2. The van der Waals surface area contributed by atoms with Crippen LogP contribution in [-0.4, -0.2) is 57.8 Å². The Bertz CT molecular complexity index is 1410. The molecular weight excluding hydrogens is 482 g/mol. The summed E-state index contributed by atoms with van der Waals surface area (Å²) in [5.74, 6) is -3.65. The monoisotopic (exact) mass is 508 g/mol. The van der Waals surface area contributed by atoms with E-state index >= 15 is 4.39 Å². The number of ether oxygens (including phenoxy) is 1. The van der Waals surface area contributed by atoms with Crippen LogP contribution in [0, 0.1) is 11.6 Å². The maximum atomic E-state index is 15.3. The van der Waals surface area contributed by atoms with Gasteiger partial charge in [0.05, 0.1) is 18.3 Å². The van der Waals surface area contributed by atoms with Gasteiger partial charge in [-0.05, 0) is 31.4 Å². The molecule has 2 aliphatic rings. The van der Waals surface area contributed by atoms with E-state index < -0.39 is 52.8 Å². The van der Waals surface area contributed by atoms with Crippen LogP contribution in [0.2, 0.25) is 0 Å². The second kappa shape index (κ2) is 9.76. The lowest BCUT2D eigenvalue weighted by Crippen LogP contribution is -2.51. The molecule has 0 spiro atoms. The summed E-state index contributed by atoms with van der Waals surface area (Å²) in [5, 5.41) is 4.30. The molecule has 0 N–H and O–H groups in total. The lowest BCUT2D eigenvalue weighted by atomic mass is 9.79. The molecule has 1 aromatic heterocycles. The number of amides is 2. The Kier molecular flexibility index (Phi) is 6.49. The molecule has 0 radical (unpaired) electrons. The molecule has 3 aromatic rings. The van der Waals surface area contributed by atoms with Gasteiger partial charge in [-0.25, -0.2) is 18.3 Å². The molecule has 192 valence electrons. The first-order valence-corrected chi connectivity index (χ1v) is 12.2. The summed E-state index contributed by atoms with van der Waals surface area (Å²) < 4.78 is 36.6. The van der Waals surface area contributed by atoms with Gasteiger partial charge in [-0.15, -0.1) is 0 Å². The molecule has 10 heteroatoms. The van der Waals surface area contributed by atoms with Crippen LogP contribution in [0.3, 0.4) is 0 Å². The minimum Gasteiger partial charge on any atom is -0.403 e. The summed E-state index contributed by atoms with van der Waals surface area (Å²) in [5.41, 5.74) is -0.102. The van der Waals surface area contributed by atoms with Gasteiger partial charge in [-0.2, -0.15) is 5.10 Å². The van der Waals surface area contributed by atoms with Gasteiger partial charge >= 0.3 is 6.09 Å². The molecule has 37 heavy (non-hydrogen) atoms. The summed E-state index contributed by atoms with van der Waals surface area (Å²) in [6, 6.07) is 12.0. The zero-order valence-electron chi connectivity index (χ0n) is 20.4. The first-order valence-electron chi connectivity index (χ1n) is 12.2. The second-order valence-electron chi connectivity index (χ2n) is 9.24. The Balaban J connectivity index is 1.76. The van der Waals surface area contributed by atoms with Crippen LogP contribution in [0.4, 0.5) is 13.6 Å². The van der Waals surface area contributed by atoms with Crippen molar-refractivity contribution in [1.82, 2.24) is 19.6 Å². The van der Waals surface area contributed by atoms with Crippen molar-refractivity contribution in [3.8, 4) is 5.75 Å². The van der Waals surface area contributed by atoms with E-state index in [1.807, 2.05) is 18.2 Å². The summed E-state index contributed by atoms with van der Waals surface area (Å²) in [6.07, 6.45) is 1.49. The molecule has 1 saturated heterocycles. The highest BCUT2D eigenvalue weighted by Gasteiger charge is 2.49. The summed E-state index contributed by atoms with van der Waals surface area (Å²) in [7, 11) is 1.51. The molecule has 0 unspecified atom stereocenters. The highest BCUT2D eigenvalue weighted by atomic mass is 19.2. The van der Waals surface area contributed by atoms with E-state index in [1.165, 1.54) is 28.8 Å². The zero-order valence-corrected chi connectivity index (χ0v) is 20.4. The van der Waals surface area contributed by atoms with Gasteiger partial charge in [0.2, 0.25) is 11.2 Å². The van der Waals surface area contributed by atoms with Crippen molar-refractivity contribution in [1.29, 1.82) is 0 Å². The Morgan fingerprint density at radius 1 is 1.16 bits per heavy atom. The van der Waals surface area contributed by atoms with E-state index in [0.717, 1.165) is 12.3 Å². The molecule has 3 atom stereocenters. The predicted molar refractivity (Wildman–Crippen MR) is 131 cm³/mol. The van der Waals surface area contributed by atoms with Gasteiger partial charge in [-0.1, -0.05) is 42.5 Å². The van der Waals surface area contributed by atoms with Crippen LogP contribution in [0.15, 0.2) is 59.5 Å². The average Bonchev–Trinajstić information content (AvgIpc) is 3.40. The third-order valence-electron chi connectivity index (χ3n) is 7.20. The third-order valence-corrected chi connectivity index (χ3v) is 7.20. The molecule has 2 aliphatic heterocycles. The van der Waals surface area contributed by atoms with E-state index in [1.54, 1.807) is 24.0 Å². The number of benzene rings is 2. The van der Waals surface area contributed by atoms with Gasteiger partial charge < -0.3 is 14.5 Å². The lowest BCUT2D eigenvalue weighted by molar-refractivity contribution is 0.0563. The van der Waals surface area contributed by atoms with Gasteiger partial charge in [0.1, 0.15) is 0 Å². The average molecular weight is 509 g/mol. The maximum absolute atomic E-state index is 15.3. The fraction of sp³-hybridized carbons (Fsp3) is 0.333. The normalized spacial score (nSPS) is 19.2. The largest absolute Gasteiger partial charge is 0.415 e. The molecule has 1 fully saturated rings. The number of hydrogen-bond acceptors (Lipinski definition) is 5. The zero-order chi connectivity index (χ0) is 26.3. The Labute approximate surface area is 212 Å². The number of hydrogen-bond donors (Lipinski definition) is 0. The molecule has 2 amide bonds. The number of halogens is 2. The maximum Gasteiger partial charge on any atom is 0.415 e. The number of carbonyl (C=O) groups excluding carboxylic acids is 2. The highest BCUT2D eigenvalue weighted by Crippen LogP contribution is 2.46. The summed E-state index contributed by atoms with van der Waals surface area (Å²) >= 11 is 0. The van der Waals surface area contributed by atoms with Crippen LogP contribution in [0.5, 0.6) is 5.75 Å². The van der Waals surface area contributed by atoms with E-state index in [0.29, 0.717) is 31.5 Å². The molecule has 5 rings (SSSR count). The van der Waals surface area contributed by atoms with Crippen molar-refractivity contribution in [2.45, 2.75) is 37.8 Å². The van der Waals surface area contributed by atoms with Crippen molar-refractivity contribution < 1.29 is 23.1 Å². The van der Waals surface area contributed by atoms with Gasteiger partial charge in [-0.3, -0.25) is 9.59 Å². The Morgan fingerprint density at radius 2 is 1.92 bits per heavy atom. The van der Waals surface area contributed by atoms with Crippen LogP contribution >= 0.6 is 0 Å². The Morgan fingerprint density at radius 3 is 2.65 bits per heavy atom. The lowest BCUT2D eigenvalue weighted by Gasteiger charge is -2.42. The molecule has 8 nitrogen and oxygen atoms in total. The predicted octanol–water partition coefficient (Wildman–Crippen LogP) is 3.96. The molecule has 2 aromatic carbocycles. The topological polar surface area (TPSA) is 84.7 Å². The minimum absolute atomic E-state index is 0.105. The summed E-state index contributed by atoms with van der Waals surface area (Å²) in [6.45, 7) is 2.48. The fourth-order valence-electron chi connectivity index (χ4n) is 5.31. The van der Waals surface area contributed by atoms with Crippen molar-refractivity contribution in [2.24, 2.45) is 0 Å². The number of rotatable bonds is 5. The molecule has 0 aliphatic carbocycles. The van der Waals surface area contributed by atoms with Crippen LogP contribution in [-0.2, 0) is 0 Å². The van der Waals surface area contributed by atoms with E-state index in [4.69, 9.17) is 4.74 Å². The fourth-order valence-corrected chi connectivity index (χ4v) is 5.31. The van der Waals surface area contributed by atoms with Crippen molar-refractivity contribution >= 4 is 12.0 Å². The first-order chi connectivity index (χ1) is 17.8. The molecule has 0 saturated carbocycles. The van der Waals surface area contributed by atoms with Crippen LogP contribution in [0.25, 0.3) is 0 Å². The van der Waals surface area contributed by atoms with Crippen molar-refractivity contribution in [3.05, 3.63) is 93.4 Å². The highest BCUT2D eigenvalue weighted by molar-refractivity contribution is 5.97. The number of carbonyl (C=O) groups is 2. The smallest absolute Gasteiger partial charge is 0.403 e. The summed E-state index contributed by atoms with van der Waals surface area (Å²) in [4.78, 5) is 41.9. The standard InChI is InChI=1S/C27H26F2N4O4/c1-3-31(2)27(36)37-25-20(34)15-30-33-23(19-13-8-14-32(19)26(35)24(25)33)21(16-9-5-4-6-10-16)17-11-7-12-18(28)22(17)29/h4-7,9-12,15,19,21,23H,3,8,13-14H2,1-2H3/t19-,21-,23-/m1/s1. The third kappa shape index (κ3) is 4.16. The quantitative estimate of drug-likeness (QED) is 0.521. The van der Waals surface area contributed by atoms with Crippen LogP contribution < -0.4 is 10.2 Å². The van der Waals surface area contributed by atoms with E-state index in [2.05, 4.69) is 5.10 Å². The second-order valence-corrected chi connectivity index (χ2v) is 9.24. The Hall–Kier alpha value is -4.08. The van der Waals surface area contributed by atoms with Crippen molar-refractivity contribution in [3.63, 3.8) is 0 Å².